The number of Topliss-reactive ketones (excluding diaryl/α,β-unsaturated/α-hetero) is 2. The average molecular weight is 1150 g/mol. The van der Waals surface area contributed by atoms with Crippen LogP contribution in [0, 0.1) is 11.6 Å². The lowest BCUT2D eigenvalue weighted by atomic mass is 10.00. The third-order valence-electron chi connectivity index (χ3n) is 13.2. The molecule has 2 aromatic carbocycles. The maximum Gasteiger partial charge on any atom is 0.207 e. The lowest BCUT2D eigenvalue weighted by Gasteiger charge is -2.23. The highest BCUT2D eigenvalue weighted by Crippen LogP contribution is 2.29. The quantitative estimate of drug-likeness (QED) is 0.0751. The van der Waals surface area contributed by atoms with Crippen molar-refractivity contribution in [3.05, 3.63) is 136 Å². The van der Waals surface area contributed by atoms with Crippen molar-refractivity contribution < 1.29 is 18.4 Å². The van der Waals surface area contributed by atoms with Gasteiger partial charge in [-0.1, -0.05) is 58.3 Å². The van der Waals surface area contributed by atoms with E-state index in [-0.39, 0.29) is 48.1 Å². The number of ketones is 2. The van der Waals surface area contributed by atoms with Crippen LogP contribution in [0.1, 0.15) is 52.5 Å². The topological polar surface area (TPSA) is 267 Å². The fourth-order valence-corrected chi connectivity index (χ4v) is 11.8. The third kappa shape index (κ3) is 15.7. The molecule has 3 saturated heterocycles. The predicted octanol–water partition coefficient (Wildman–Crippen LogP) is 5.75. The van der Waals surface area contributed by atoms with Crippen molar-refractivity contribution in [3.8, 4) is 0 Å². The number of aromatic nitrogens is 12. The van der Waals surface area contributed by atoms with Gasteiger partial charge in [0.1, 0.15) is 21.6 Å². The number of carbonyl (C=O) groups excluding carboxylic acids is 2. The summed E-state index contributed by atoms with van der Waals surface area (Å²) in [6.45, 7) is 5.24. The number of anilines is 7. The van der Waals surface area contributed by atoms with Crippen LogP contribution in [0.4, 0.5) is 46.8 Å². The molecule has 0 unspecified atom stereocenters. The van der Waals surface area contributed by atoms with Crippen LogP contribution in [-0.4, -0.2) is 168 Å². The van der Waals surface area contributed by atoms with E-state index < -0.39 is 12.1 Å². The fourth-order valence-electron chi connectivity index (χ4n) is 9.55. The van der Waals surface area contributed by atoms with Crippen molar-refractivity contribution in [2.75, 3.05) is 104 Å². The summed E-state index contributed by atoms with van der Waals surface area (Å²) in [6.07, 6.45) is 8.31. The number of nitrogens with two attached hydrogens (primary N) is 1. The molecule has 28 heteroatoms. The van der Waals surface area contributed by atoms with Crippen molar-refractivity contribution in [1.82, 2.24) is 71.0 Å². The van der Waals surface area contributed by atoms with Gasteiger partial charge in [0.25, 0.3) is 0 Å². The molecule has 0 saturated carbocycles. The van der Waals surface area contributed by atoms with Crippen LogP contribution in [0.15, 0.2) is 104 Å². The van der Waals surface area contributed by atoms with E-state index in [1.807, 2.05) is 74.4 Å². The number of nitrogen functional groups attached to an aromatic ring is 1. The average Bonchev–Trinajstić information content (AvgIpc) is 4.35. The van der Waals surface area contributed by atoms with Gasteiger partial charge in [-0.15, -0.1) is 45.9 Å². The molecule has 3 aliphatic rings. The van der Waals surface area contributed by atoms with E-state index in [1.54, 1.807) is 42.9 Å². The van der Waals surface area contributed by atoms with E-state index in [2.05, 4.69) is 91.8 Å². The highest BCUT2D eigenvalue weighted by atomic mass is 32.1. The lowest BCUT2D eigenvalue weighted by molar-refractivity contribution is -0.123. The minimum absolute atomic E-state index is 0.00555. The molecule has 5 atom stereocenters. The Hall–Kier alpha value is -7.92. The molecule has 0 aliphatic carbocycles. The van der Waals surface area contributed by atoms with E-state index in [1.165, 1.54) is 58.3 Å². The van der Waals surface area contributed by atoms with Gasteiger partial charge in [0.15, 0.2) is 29.0 Å². The van der Waals surface area contributed by atoms with E-state index in [0.29, 0.717) is 31.5 Å². The molecular formula is C52H61F2N21O2S3. The number of rotatable bonds is 19. The second-order valence-corrected chi connectivity index (χ2v) is 22.7. The second kappa shape index (κ2) is 27.3. The fraction of sp³-hybridized carbons (Fsp3) is 0.385. The SMILES string of the molecule is CN(C)[C@@H](C(=O)Cc1nnc(N[C@@H]2CCN(c3cccnn3)C2)s1)c1ccc(F)cc1.CN(C)[C@H](C(=O)Cc1nnc(N[C@@H]2CCN(c3cccnn3)C2)s1)c1ccc(F)cc1.Nc1nnc(N[C@@H]2CCN(c3cccnn3)C2)s1. The summed E-state index contributed by atoms with van der Waals surface area (Å²) in [5.41, 5.74) is 7.06. The third-order valence-corrected chi connectivity index (χ3v) is 15.6. The van der Waals surface area contributed by atoms with Crippen LogP contribution in [0.5, 0.6) is 0 Å². The summed E-state index contributed by atoms with van der Waals surface area (Å²) < 4.78 is 26.5. The van der Waals surface area contributed by atoms with Crippen LogP contribution in [0.25, 0.3) is 0 Å². The van der Waals surface area contributed by atoms with Crippen LogP contribution in [0.3, 0.4) is 0 Å². The number of carbonyl (C=O) groups is 2. The molecule has 3 aliphatic heterocycles. The Morgan fingerprint density at radius 2 is 0.875 bits per heavy atom. The Balaban J connectivity index is 0.000000151. The molecule has 8 aromatic rings. The largest absolute Gasteiger partial charge is 0.374 e. The minimum atomic E-state index is -0.462. The number of likely N-dealkylation sites (N-methyl/N-ethyl adjacent to an activating group) is 2. The first-order chi connectivity index (χ1) is 38.8. The Morgan fingerprint density at radius 3 is 1.19 bits per heavy atom. The minimum Gasteiger partial charge on any atom is -0.374 e. The molecule has 0 amide bonds. The highest BCUT2D eigenvalue weighted by Gasteiger charge is 2.30. The van der Waals surface area contributed by atoms with Crippen molar-refractivity contribution in [2.24, 2.45) is 0 Å². The molecular weight excluding hydrogens is 1080 g/mol. The van der Waals surface area contributed by atoms with Gasteiger partial charge in [-0.05, 0) is 119 Å². The van der Waals surface area contributed by atoms with E-state index in [4.69, 9.17) is 5.73 Å². The number of nitrogens with one attached hydrogen (secondary N) is 3. The molecule has 0 radical (unpaired) electrons. The molecule has 0 bridgehead atoms. The molecule has 5 N–H and O–H groups in total. The number of nitrogens with zero attached hydrogens (tertiary/aromatic N) is 17. The number of halogens is 2. The number of benzene rings is 2. The predicted molar refractivity (Wildman–Crippen MR) is 306 cm³/mol. The first kappa shape index (κ1) is 56.8. The van der Waals surface area contributed by atoms with Gasteiger partial charge in [0.05, 0.1) is 24.9 Å². The van der Waals surface area contributed by atoms with Gasteiger partial charge >= 0.3 is 0 Å². The summed E-state index contributed by atoms with van der Waals surface area (Å²) in [6, 6.07) is 23.5. The van der Waals surface area contributed by atoms with Crippen molar-refractivity contribution >= 4 is 83.6 Å². The zero-order valence-electron chi connectivity index (χ0n) is 44.5. The van der Waals surface area contributed by atoms with Gasteiger partial charge in [-0.2, -0.15) is 15.3 Å². The molecule has 0 spiro atoms. The summed E-state index contributed by atoms with van der Waals surface area (Å²) in [5.74, 6) is 2.00. The van der Waals surface area contributed by atoms with Crippen LogP contribution >= 0.6 is 34.0 Å². The van der Waals surface area contributed by atoms with Crippen molar-refractivity contribution in [3.63, 3.8) is 0 Å². The zero-order chi connectivity index (χ0) is 56.0. The van der Waals surface area contributed by atoms with E-state index in [9.17, 15) is 18.4 Å². The molecule has 9 heterocycles. The molecule has 418 valence electrons. The lowest BCUT2D eigenvalue weighted by Crippen LogP contribution is -2.29. The Morgan fingerprint density at radius 1 is 0.525 bits per heavy atom. The molecule has 6 aromatic heterocycles. The van der Waals surface area contributed by atoms with Gasteiger partial charge in [-0.3, -0.25) is 19.4 Å². The van der Waals surface area contributed by atoms with Gasteiger partial charge in [-0.25, -0.2) is 8.78 Å². The van der Waals surface area contributed by atoms with Crippen molar-refractivity contribution in [1.29, 1.82) is 0 Å². The Labute approximate surface area is 473 Å². The summed E-state index contributed by atoms with van der Waals surface area (Å²) in [7, 11) is 7.34. The molecule has 23 nitrogen and oxygen atoms in total. The van der Waals surface area contributed by atoms with Gasteiger partial charge < -0.3 is 36.4 Å². The standard InChI is InChI=1S/2C21H24FN7OS.C10H13N7S/c2*1-28(2)20(14-5-7-15(22)8-6-14)17(30)12-19-26-27-21(31-19)24-16-9-11-29(13-16)18-4-3-10-23-25-18;11-9-15-16-10(18-9)13-7-3-5-17(6-7)8-2-1-4-12-14-8/h2*3-8,10,16,20H,9,11-13H2,1-2H3,(H,24,27);1-2,4,7H,3,5-6H2,(H2,11,15)(H,13,16)/t16-,20+;16-,20-;7-/m111/s1. The summed E-state index contributed by atoms with van der Waals surface area (Å²) in [4.78, 5) is 36.1. The zero-order valence-corrected chi connectivity index (χ0v) is 46.9. The number of hydrogen-bond donors (Lipinski definition) is 4. The highest BCUT2D eigenvalue weighted by molar-refractivity contribution is 7.18. The summed E-state index contributed by atoms with van der Waals surface area (Å²) in [5, 5.41) is 62.9. The van der Waals surface area contributed by atoms with Crippen LogP contribution in [0.2, 0.25) is 0 Å². The summed E-state index contributed by atoms with van der Waals surface area (Å²) >= 11 is 4.15. The first-order valence-electron chi connectivity index (χ1n) is 25.8. The Kier molecular flexibility index (Phi) is 19.4. The molecule has 11 rings (SSSR count). The van der Waals surface area contributed by atoms with E-state index >= 15 is 0 Å². The van der Waals surface area contributed by atoms with E-state index in [0.717, 1.165) is 92.2 Å². The van der Waals surface area contributed by atoms with Crippen LogP contribution in [-0.2, 0) is 22.4 Å². The second-order valence-electron chi connectivity index (χ2n) is 19.5. The van der Waals surface area contributed by atoms with Gasteiger partial charge in [0.2, 0.25) is 20.5 Å². The maximum absolute atomic E-state index is 13.3. The first-order valence-corrected chi connectivity index (χ1v) is 28.3. The number of hydrogen-bond acceptors (Lipinski definition) is 26. The Bertz CT molecular complexity index is 3030. The normalized spacial score (nSPS) is 17.6. The van der Waals surface area contributed by atoms with Crippen molar-refractivity contribution in [2.45, 2.75) is 62.3 Å². The van der Waals surface area contributed by atoms with Gasteiger partial charge in [0, 0.05) is 76.0 Å². The maximum atomic E-state index is 13.3. The monoisotopic (exact) mass is 1150 g/mol. The van der Waals surface area contributed by atoms with Crippen LogP contribution < -0.4 is 36.4 Å². The molecule has 80 heavy (non-hydrogen) atoms. The molecule has 3 fully saturated rings. The smallest absolute Gasteiger partial charge is 0.207 e.